The van der Waals surface area contributed by atoms with Crippen LogP contribution in [0.4, 0.5) is 5.82 Å². The molecule has 0 aliphatic rings. The van der Waals surface area contributed by atoms with E-state index in [1.807, 2.05) is 61.2 Å². The van der Waals surface area contributed by atoms with Crippen LogP contribution in [-0.2, 0) is 4.79 Å². The Hall–Kier alpha value is -2.96. The van der Waals surface area contributed by atoms with Gasteiger partial charge in [-0.05, 0) is 26.0 Å². The Morgan fingerprint density at radius 3 is 2.56 bits per heavy atom. The standard InChI is InChI=1S/C18H22N6O/c1-3-23(4-2)17(25)12-13-19-15-10-11-16-20-21-18(24(16)22-15)14-8-6-5-7-9-14/h5-11H,3-4,12-13H2,1-2H3,(H,19,22). The van der Waals surface area contributed by atoms with Crippen molar-refractivity contribution in [3.05, 3.63) is 42.5 Å². The highest BCUT2D eigenvalue weighted by Crippen LogP contribution is 2.17. The molecule has 0 saturated heterocycles. The number of hydrogen-bond donors (Lipinski definition) is 1. The van der Waals surface area contributed by atoms with Crippen molar-refractivity contribution >= 4 is 17.4 Å². The second-order valence-corrected chi connectivity index (χ2v) is 5.62. The van der Waals surface area contributed by atoms with E-state index >= 15 is 0 Å². The smallest absolute Gasteiger partial charge is 0.224 e. The van der Waals surface area contributed by atoms with Crippen LogP contribution < -0.4 is 5.32 Å². The normalized spacial score (nSPS) is 10.8. The molecule has 0 unspecified atom stereocenters. The molecule has 2 aromatic heterocycles. The number of nitrogens with one attached hydrogen (secondary N) is 1. The van der Waals surface area contributed by atoms with Gasteiger partial charge in [-0.25, -0.2) is 0 Å². The summed E-state index contributed by atoms with van der Waals surface area (Å²) in [6, 6.07) is 13.5. The number of benzene rings is 1. The van der Waals surface area contributed by atoms with Crippen LogP contribution in [0, 0.1) is 0 Å². The lowest BCUT2D eigenvalue weighted by Gasteiger charge is -2.18. The number of amides is 1. The number of rotatable bonds is 7. The molecular formula is C18H22N6O. The van der Waals surface area contributed by atoms with Crippen molar-refractivity contribution in [1.29, 1.82) is 0 Å². The van der Waals surface area contributed by atoms with Crippen LogP contribution >= 0.6 is 0 Å². The Labute approximate surface area is 146 Å². The van der Waals surface area contributed by atoms with Gasteiger partial charge in [-0.15, -0.1) is 15.3 Å². The molecule has 0 atom stereocenters. The molecule has 0 saturated carbocycles. The fourth-order valence-electron chi connectivity index (χ4n) is 2.68. The molecule has 3 rings (SSSR count). The maximum absolute atomic E-state index is 12.0. The van der Waals surface area contributed by atoms with E-state index in [-0.39, 0.29) is 5.91 Å². The van der Waals surface area contributed by atoms with Crippen LogP contribution in [0.15, 0.2) is 42.5 Å². The summed E-state index contributed by atoms with van der Waals surface area (Å²) in [6.45, 7) is 5.99. The van der Waals surface area contributed by atoms with E-state index in [4.69, 9.17) is 0 Å². The second-order valence-electron chi connectivity index (χ2n) is 5.62. The molecule has 0 aliphatic heterocycles. The third kappa shape index (κ3) is 3.76. The Morgan fingerprint density at radius 2 is 1.84 bits per heavy atom. The largest absolute Gasteiger partial charge is 0.368 e. The van der Waals surface area contributed by atoms with Gasteiger partial charge in [0.05, 0.1) is 0 Å². The van der Waals surface area contributed by atoms with Gasteiger partial charge >= 0.3 is 0 Å². The lowest BCUT2D eigenvalue weighted by atomic mass is 10.2. The quantitative estimate of drug-likeness (QED) is 0.716. The summed E-state index contributed by atoms with van der Waals surface area (Å²) in [5.41, 5.74) is 1.64. The van der Waals surface area contributed by atoms with E-state index < -0.39 is 0 Å². The molecule has 7 nitrogen and oxygen atoms in total. The molecule has 1 aromatic carbocycles. The molecule has 7 heteroatoms. The van der Waals surface area contributed by atoms with Crippen LogP contribution in [0.25, 0.3) is 17.0 Å². The molecule has 0 aliphatic carbocycles. The second kappa shape index (κ2) is 7.74. The number of aromatic nitrogens is 4. The van der Waals surface area contributed by atoms with Crippen molar-refractivity contribution < 1.29 is 4.79 Å². The van der Waals surface area contributed by atoms with Crippen molar-refractivity contribution in [3.8, 4) is 11.4 Å². The predicted octanol–water partition coefficient (Wildman–Crippen LogP) is 2.46. The topological polar surface area (TPSA) is 75.4 Å². The average Bonchev–Trinajstić information content (AvgIpc) is 3.07. The number of nitrogens with zero attached hydrogens (tertiary/aromatic N) is 5. The molecule has 0 fully saturated rings. The Morgan fingerprint density at radius 1 is 1.08 bits per heavy atom. The first kappa shape index (κ1) is 16.9. The van der Waals surface area contributed by atoms with Crippen LogP contribution in [0.1, 0.15) is 20.3 Å². The number of carbonyl (C=O) groups is 1. The molecule has 0 spiro atoms. The van der Waals surface area contributed by atoms with Gasteiger partial charge in [0.25, 0.3) is 0 Å². The molecule has 2 heterocycles. The first-order valence-corrected chi connectivity index (χ1v) is 8.52. The van der Waals surface area contributed by atoms with Gasteiger partial charge in [0.1, 0.15) is 5.82 Å². The maximum atomic E-state index is 12.0. The summed E-state index contributed by atoms with van der Waals surface area (Å²) in [6.07, 6.45) is 0.440. The highest BCUT2D eigenvalue weighted by atomic mass is 16.2. The van der Waals surface area contributed by atoms with Crippen LogP contribution in [0.3, 0.4) is 0 Å². The van der Waals surface area contributed by atoms with Crippen LogP contribution in [0.5, 0.6) is 0 Å². The van der Waals surface area contributed by atoms with E-state index in [9.17, 15) is 4.79 Å². The Balaban J connectivity index is 1.72. The summed E-state index contributed by atoms with van der Waals surface area (Å²) >= 11 is 0. The average molecular weight is 338 g/mol. The molecular weight excluding hydrogens is 316 g/mol. The van der Waals surface area contributed by atoms with Crippen molar-refractivity contribution in [2.45, 2.75) is 20.3 Å². The fourth-order valence-corrected chi connectivity index (χ4v) is 2.68. The highest BCUT2D eigenvalue weighted by molar-refractivity contribution is 5.76. The number of hydrogen-bond acceptors (Lipinski definition) is 5. The van der Waals surface area contributed by atoms with Gasteiger partial charge in [-0.2, -0.15) is 4.52 Å². The number of anilines is 1. The third-order valence-corrected chi connectivity index (χ3v) is 4.06. The molecule has 1 N–H and O–H groups in total. The zero-order valence-electron chi connectivity index (χ0n) is 14.5. The highest BCUT2D eigenvalue weighted by Gasteiger charge is 2.11. The fraction of sp³-hybridized carbons (Fsp3) is 0.333. The first-order chi connectivity index (χ1) is 12.2. The van der Waals surface area contributed by atoms with Crippen molar-refractivity contribution in [2.24, 2.45) is 0 Å². The van der Waals surface area contributed by atoms with Crippen LogP contribution in [-0.4, -0.2) is 50.3 Å². The summed E-state index contributed by atoms with van der Waals surface area (Å²) < 4.78 is 1.71. The number of fused-ring (bicyclic) bond motifs is 1. The first-order valence-electron chi connectivity index (χ1n) is 8.52. The minimum Gasteiger partial charge on any atom is -0.368 e. The van der Waals surface area contributed by atoms with E-state index in [2.05, 4.69) is 20.6 Å². The van der Waals surface area contributed by atoms with E-state index in [0.717, 1.165) is 18.7 Å². The molecule has 130 valence electrons. The SMILES string of the molecule is CCN(CC)C(=O)CCNc1ccc2nnc(-c3ccccc3)n2n1. The lowest BCUT2D eigenvalue weighted by Crippen LogP contribution is -2.31. The van der Waals surface area contributed by atoms with E-state index in [1.54, 1.807) is 4.52 Å². The predicted molar refractivity (Wildman–Crippen MR) is 97.3 cm³/mol. The van der Waals surface area contributed by atoms with Gasteiger partial charge in [0.2, 0.25) is 5.91 Å². The number of carbonyl (C=O) groups excluding carboxylic acids is 1. The molecule has 25 heavy (non-hydrogen) atoms. The van der Waals surface area contributed by atoms with Gasteiger partial charge in [0.15, 0.2) is 11.5 Å². The molecule has 1 amide bonds. The van der Waals surface area contributed by atoms with Gasteiger partial charge in [-0.1, -0.05) is 30.3 Å². The van der Waals surface area contributed by atoms with Gasteiger partial charge in [0, 0.05) is 31.6 Å². The third-order valence-electron chi connectivity index (χ3n) is 4.06. The monoisotopic (exact) mass is 338 g/mol. The van der Waals surface area contributed by atoms with Crippen molar-refractivity contribution in [2.75, 3.05) is 25.0 Å². The molecule has 0 bridgehead atoms. The summed E-state index contributed by atoms with van der Waals surface area (Å²) in [4.78, 5) is 13.9. The lowest BCUT2D eigenvalue weighted by molar-refractivity contribution is -0.130. The maximum Gasteiger partial charge on any atom is 0.224 e. The zero-order chi connectivity index (χ0) is 17.6. The van der Waals surface area contributed by atoms with Crippen LogP contribution in [0.2, 0.25) is 0 Å². The molecule has 0 radical (unpaired) electrons. The van der Waals surface area contributed by atoms with Gasteiger partial charge in [-0.3, -0.25) is 4.79 Å². The van der Waals surface area contributed by atoms with Gasteiger partial charge < -0.3 is 10.2 Å². The summed E-state index contributed by atoms with van der Waals surface area (Å²) in [5, 5.41) is 16.1. The van der Waals surface area contributed by atoms with Crippen molar-refractivity contribution in [3.63, 3.8) is 0 Å². The summed E-state index contributed by atoms with van der Waals surface area (Å²) in [5.74, 6) is 1.53. The Kier molecular flexibility index (Phi) is 5.23. The van der Waals surface area contributed by atoms with E-state index in [1.165, 1.54) is 0 Å². The zero-order valence-corrected chi connectivity index (χ0v) is 14.5. The minimum absolute atomic E-state index is 0.146. The van der Waals surface area contributed by atoms with E-state index in [0.29, 0.717) is 30.3 Å². The van der Waals surface area contributed by atoms with Crippen molar-refractivity contribution in [1.82, 2.24) is 24.7 Å². The molecule has 3 aromatic rings. The summed E-state index contributed by atoms with van der Waals surface area (Å²) in [7, 11) is 0. The minimum atomic E-state index is 0.146. The Bertz CT molecular complexity index is 841.